The molecule has 1 aliphatic carbocycles. The van der Waals surface area contributed by atoms with Gasteiger partial charge in [-0.2, -0.15) is 0 Å². The normalized spacial score (nSPS) is 18.2. The van der Waals surface area contributed by atoms with E-state index >= 15 is 0 Å². The van der Waals surface area contributed by atoms with Crippen LogP contribution in [0.1, 0.15) is 104 Å². The van der Waals surface area contributed by atoms with Crippen LogP contribution in [0.15, 0.2) is 54.6 Å². The number of aromatic hydroxyl groups is 1. The minimum absolute atomic E-state index is 0.00483. The van der Waals surface area contributed by atoms with E-state index in [1.165, 1.54) is 17.5 Å². The first-order valence-corrected chi connectivity index (χ1v) is 22.2. The smallest absolute Gasteiger partial charge is 0.272 e. The van der Waals surface area contributed by atoms with Crippen molar-refractivity contribution in [2.24, 2.45) is 0 Å². The maximum Gasteiger partial charge on any atom is 0.272 e. The number of morpholine rings is 1. The minimum Gasteiger partial charge on any atom is -0.506 e. The highest BCUT2D eigenvalue weighted by Crippen LogP contribution is 2.39. The van der Waals surface area contributed by atoms with Crippen LogP contribution in [-0.4, -0.2) is 126 Å². The van der Waals surface area contributed by atoms with E-state index < -0.39 is 0 Å². The summed E-state index contributed by atoms with van der Waals surface area (Å²) in [6.07, 6.45) is 9.22. The van der Waals surface area contributed by atoms with E-state index in [0.29, 0.717) is 82.5 Å². The lowest BCUT2D eigenvalue weighted by Crippen LogP contribution is -2.58. The number of carbonyl (C=O) groups is 3. The SMILES string of the molecule is CC(C)c1cccc(C(=O)N2CCOC3(CCN(Cc4cccc(CCOCCC(=O)N(CCNCCc5ccc(O)c6c5OCC(=O)N6)C5CCCCC5)c4)CC3)C2)n1. The molecule has 3 fully saturated rings. The molecule has 4 aliphatic rings. The average Bonchev–Trinajstić information content (AvgIpc) is 3.26. The number of phenols is 1. The molecule has 3 aliphatic heterocycles. The zero-order valence-electron chi connectivity index (χ0n) is 35.6. The van der Waals surface area contributed by atoms with Gasteiger partial charge in [0.15, 0.2) is 12.4 Å². The second kappa shape index (κ2) is 20.8. The predicted molar refractivity (Wildman–Crippen MR) is 230 cm³/mol. The van der Waals surface area contributed by atoms with Crippen molar-refractivity contribution < 1.29 is 33.7 Å². The van der Waals surface area contributed by atoms with Crippen LogP contribution in [0.5, 0.6) is 11.5 Å². The van der Waals surface area contributed by atoms with Gasteiger partial charge in [0.1, 0.15) is 17.1 Å². The van der Waals surface area contributed by atoms with E-state index in [0.717, 1.165) is 75.8 Å². The Kier molecular flexibility index (Phi) is 15.1. The topological polar surface area (TPSA) is 146 Å². The highest BCUT2D eigenvalue weighted by atomic mass is 16.5. The van der Waals surface area contributed by atoms with Crippen molar-refractivity contribution in [3.8, 4) is 11.5 Å². The van der Waals surface area contributed by atoms with Crippen molar-refractivity contribution in [3.63, 3.8) is 0 Å². The Morgan fingerprint density at radius 2 is 1.80 bits per heavy atom. The molecule has 13 heteroatoms. The van der Waals surface area contributed by atoms with Crippen LogP contribution in [0.3, 0.4) is 0 Å². The Labute approximate surface area is 355 Å². The van der Waals surface area contributed by atoms with Crippen LogP contribution in [0, 0.1) is 0 Å². The van der Waals surface area contributed by atoms with E-state index in [-0.39, 0.29) is 47.6 Å². The van der Waals surface area contributed by atoms with Crippen LogP contribution in [0.25, 0.3) is 0 Å². The van der Waals surface area contributed by atoms with Crippen LogP contribution in [-0.2, 0) is 38.4 Å². The summed E-state index contributed by atoms with van der Waals surface area (Å²) in [6, 6.07) is 18.1. The lowest BCUT2D eigenvalue weighted by Gasteiger charge is -2.47. The molecule has 4 heterocycles. The van der Waals surface area contributed by atoms with Crippen molar-refractivity contribution in [2.45, 2.75) is 102 Å². The van der Waals surface area contributed by atoms with Crippen molar-refractivity contribution in [1.29, 1.82) is 0 Å². The van der Waals surface area contributed by atoms with E-state index in [1.54, 1.807) is 6.07 Å². The van der Waals surface area contributed by atoms with Crippen molar-refractivity contribution in [3.05, 3.63) is 82.7 Å². The molecule has 3 aromatic rings. The van der Waals surface area contributed by atoms with Gasteiger partial charge in [-0.25, -0.2) is 4.98 Å². The maximum atomic E-state index is 13.6. The molecule has 3 N–H and O–H groups in total. The fourth-order valence-electron chi connectivity index (χ4n) is 9.09. The fourth-order valence-corrected chi connectivity index (χ4v) is 9.09. The molecule has 60 heavy (non-hydrogen) atoms. The number of pyridine rings is 1. The summed E-state index contributed by atoms with van der Waals surface area (Å²) >= 11 is 0. The maximum absolute atomic E-state index is 13.6. The first-order chi connectivity index (χ1) is 29.2. The molecule has 13 nitrogen and oxygen atoms in total. The van der Waals surface area contributed by atoms with Crippen LogP contribution in [0.4, 0.5) is 5.69 Å². The molecule has 7 rings (SSSR count). The summed E-state index contributed by atoms with van der Waals surface area (Å²) in [5, 5.41) is 16.3. The number of anilines is 1. The van der Waals surface area contributed by atoms with Gasteiger partial charge in [0.25, 0.3) is 11.8 Å². The highest BCUT2D eigenvalue weighted by molar-refractivity contribution is 5.97. The van der Waals surface area contributed by atoms with Gasteiger partial charge < -0.3 is 39.8 Å². The molecule has 1 aromatic heterocycles. The molecule has 0 unspecified atom stereocenters. The Morgan fingerprint density at radius 3 is 2.62 bits per heavy atom. The number of phenolic OH excluding ortho intramolecular Hbond substituents is 1. The fraction of sp³-hybridized carbons (Fsp3) is 0.574. The third-order valence-corrected chi connectivity index (χ3v) is 12.5. The largest absolute Gasteiger partial charge is 0.506 e. The number of ether oxygens (including phenoxy) is 3. The number of aromatic nitrogens is 1. The standard InChI is InChI=1S/C47H64N6O7/c1-34(2)39-12-7-13-40(49-39)46(57)52-26-29-60-47(33-52)19-23-51(24-20-47)31-36-9-6-8-35(30-36)17-27-58-28-18-43(56)53(38-10-4-3-5-11-38)25-22-48-21-16-37-14-15-41(54)44-45(37)59-32-42(55)50-44/h6-9,12-15,30,34,38,48,54H,3-5,10-11,16-29,31-33H2,1-2H3,(H,50,55). The first-order valence-electron chi connectivity index (χ1n) is 22.2. The van der Waals surface area contributed by atoms with E-state index in [2.05, 4.69) is 63.5 Å². The molecule has 0 atom stereocenters. The number of hydrogen-bond acceptors (Lipinski definition) is 10. The Balaban J connectivity index is 0.814. The van der Waals surface area contributed by atoms with Gasteiger partial charge in [-0.05, 0) is 85.9 Å². The van der Waals surface area contributed by atoms with Crippen LogP contribution >= 0.6 is 0 Å². The summed E-state index contributed by atoms with van der Waals surface area (Å²) < 4.78 is 18.1. The monoisotopic (exact) mass is 824 g/mol. The summed E-state index contributed by atoms with van der Waals surface area (Å²) in [4.78, 5) is 49.9. The molecule has 0 bridgehead atoms. The highest BCUT2D eigenvalue weighted by Gasteiger charge is 2.41. The number of carbonyl (C=O) groups excluding carboxylic acids is 3. The molecular formula is C47H64N6O7. The molecule has 0 radical (unpaired) electrons. The van der Waals surface area contributed by atoms with Crippen molar-refractivity contribution in [1.82, 2.24) is 25.0 Å². The van der Waals surface area contributed by atoms with Gasteiger partial charge >= 0.3 is 0 Å². The van der Waals surface area contributed by atoms with Crippen LogP contribution in [0.2, 0.25) is 0 Å². The van der Waals surface area contributed by atoms with Crippen LogP contribution < -0.4 is 15.4 Å². The summed E-state index contributed by atoms with van der Waals surface area (Å²) in [5.41, 5.74) is 4.90. The van der Waals surface area contributed by atoms with Crippen molar-refractivity contribution in [2.75, 3.05) is 77.6 Å². The van der Waals surface area contributed by atoms with E-state index in [4.69, 9.17) is 14.2 Å². The molecule has 2 saturated heterocycles. The summed E-state index contributed by atoms with van der Waals surface area (Å²) in [6.45, 7) is 11.5. The van der Waals surface area contributed by atoms with Gasteiger partial charge in [0.2, 0.25) is 5.91 Å². The quantitative estimate of drug-likeness (QED) is 0.115. The van der Waals surface area contributed by atoms with Gasteiger partial charge in [-0.3, -0.25) is 19.3 Å². The number of nitrogens with zero attached hydrogens (tertiary/aromatic N) is 4. The third kappa shape index (κ3) is 11.4. The number of rotatable bonds is 17. The zero-order valence-corrected chi connectivity index (χ0v) is 35.6. The number of likely N-dealkylation sites (tertiary alicyclic amines) is 1. The number of piperidine rings is 1. The second-order valence-corrected chi connectivity index (χ2v) is 17.2. The number of benzene rings is 2. The van der Waals surface area contributed by atoms with Crippen molar-refractivity contribution >= 4 is 23.4 Å². The first kappa shape index (κ1) is 43.5. The summed E-state index contributed by atoms with van der Waals surface area (Å²) in [7, 11) is 0. The van der Waals surface area contributed by atoms with Gasteiger partial charge in [-0.1, -0.05) is 69.5 Å². The Hall–Kier alpha value is -4.56. The molecular weight excluding hydrogens is 761 g/mol. The van der Waals surface area contributed by atoms with E-state index in [9.17, 15) is 19.5 Å². The lowest BCUT2D eigenvalue weighted by atomic mass is 9.89. The average molecular weight is 825 g/mol. The van der Waals surface area contributed by atoms with Gasteiger partial charge in [0.05, 0.1) is 38.4 Å². The third-order valence-electron chi connectivity index (χ3n) is 12.5. The van der Waals surface area contributed by atoms with E-state index in [1.807, 2.05) is 29.2 Å². The molecule has 324 valence electrons. The molecule has 2 aromatic carbocycles. The number of amides is 3. The number of fused-ring (bicyclic) bond motifs is 1. The molecule has 1 saturated carbocycles. The Morgan fingerprint density at radius 1 is 1.00 bits per heavy atom. The number of nitrogens with one attached hydrogen (secondary N) is 2. The second-order valence-electron chi connectivity index (χ2n) is 17.2. The van der Waals surface area contributed by atoms with Gasteiger partial charge in [-0.15, -0.1) is 0 Å². The minimum atomic E-state index is -0.306. The zero-order chi connectivity index (χ0) is 41.9. The predicted octanol–water partition coefficient (Wildman–Crippen LogP) is 5.69. The lowest BCUT2D eigenvalue weighted by molar-refractivity contribution is -0.135. The molecule has 1 spiro atoms. The Bertz CT molecular complexity index is 1930. The molecule has 3 amide bonds. The number of hydrogen-bond donors (Lipinski definition) is 3. The summed E-state index contributed by atoms with van der Waals surface area (Å²) in [5.74, 6) is 0.654. The van der Waals surface area contributed by atoms with Gasteiger partial charge in [0, 0.05) is 51.0 Å².